The van der Waals surface area contributed by atoms with Crippen LogP contribution in [0.4, 0.5) is 0 Å². The quantitative estimate of drug-likeness (QED) is 0.666. The zero-order valence-electron chi connectivity index (χ0n) is 15.4. The summed E-state index contributed by atoms with van der Waals surface area (Å²) in [6.07, 6.45) is 3.58. The highest BCUT2D eigenvalue weighted by molar-refractivity contribution is 7.20. The predicted molar refractivity (Wildman–Crippen MR) is 106 cm³/mol. The number of amides is 1. The lowest BCUT2D eigenvalue weighted by molar-refractivity contribution is 0.0797. The van der Waals surface area contributed by atoms with Gasteiger partial charge in [0.1, 0.15) is 4.83 Å². The highest BCUT2D eigenvalue weighted by Crippen LogP contribution is 2.28. The van der Waals surface area contributed by atoms with E-state index in [0.717, 1.165) is 24.0 Å². The molecule has 3 aromatic rings. The second kappa shape index (κ2) is 7.83. The van der Waals surface area contributed by atoms with Crippen LogP contribution in [0.2, 0.25) is 0 Å². The molecule has 6 heteroatoms. The van der Waals surface area contributed by atoms with Crippen LogP contribution < -0.4 is 5.56 Å². The summed E-state index contributed by atoms with van der Waals surface area (Å²) in [6, 6.07) is 9.81. The van der Waals surface area contributed by atoms with Crippen LogP contribution in [-0.4, -0.2) is 34.0 Å². The molecular weight excluding hydrogens is 346 g/mol. The molecule has 0 aliphatic carbocycles. The summed E-state index contributed by atoms with van der Waals surface area (Å²) in [5, 5.41) is 0.556. The van der Waals surface area contributed by atoms with E-state index in [1.807, 2.05) is 44.3 Å². The van der Waals surface area contributed by atoms with Gasteiger partial charge in [0.05, 0.1) is 23.1 Å². The molecule has 0 unspecified atom stereocenters. The van der Waals surface area contributed by atoms with E-state index in [9.17, 15) is 9.59 Å². The van der Waals surface area contributed by atoms with E-state index in [1.165, 1.54) is 11.3 Å². The summed E-state index contributed by atoms with van der Waals surface area (Å²) in [5.41, 5.74) is 1.68. The van der Waals surface area contributed by atoms with Gasteiger partial charge < -0.3 is 4.90 Å². The Labute approximate surface area is 156 Å². The third kappa shape index (κ3) is 3.55. The molecule has 5 nitrogen and oxygen atoms in total. The van der Waals surface area contributed by atoms with Crippen molar-refractivity contribution < 1.29 is 4.79 Å². The second-order valence-corrected chi connectivity index (χ2v) is 7.48. The topological polar surface area (TPSA) is 55.2 Å². The van der Waals surface area contributed by atoms with Crippen LogP contribution in [0, 0.1) is 6.92 Å². The Balaban J connectivity index is 1.97. The number of benzene rings is 1. The maximum Gasteiger partial charge on any atom is 0.264 e. The van der Waals surface area contributed by atoms with E-state index >= 15 is 0 Å². The van der Waals surface area contributed by atoms with Crippen molar-refractivity contribution in [2.45, 2.75) is 33.2 Å². The van der Waals surface area contributed by atoms with Crippen molar-refractivity contribution >= 4 is 27.5 Å². The Bertz CT molecular complexity index is 976. The lowest BCUT2D eigenvalue weighted by atomic mass is 10.2. The van der Waals surface area contributed by atoms with Crippen LogP contribution in [-0.2, 0) is 6.54 Å². The first-order valence-electron chi connectivity index (χ1n) is 8.80. The SMILES string of the molecule is CCCCN(C)C(=O)c1sc2ncn(Cc3ccccc3)c(=O)c2c1C. The Morgan fingerprint density at radius 1 is 1.27 bits per heavy atom. The molecule has 0 atom stereocenters. The molecule has 26 heavy (non-hydrogen) atoms. The molecule has 0 spiro atoms. The number of carbonyl (C=O) groups excluding carboxylic acids is 1. The summed E-state index contributed by atoms with van der Waals surface area (Å²) in [6.45, 7) is 5.13. The molecule has 0 saturated carbocycles. The van der Waals surface area contributed by atoms with Gasteiger partial charge in [-0.1, -0.05) is 43.7 Å². The molecule has 0 aliphatic heterocycles. The third-order valence-electron chi connectivity index (χ3n) is 4.50. The number of rotatable bonds is 6. The van der Waals surface area contributed by atoms with Crippen LogP contribution in [0.3, 0.4) is 0 Å². The van der Waals surface area contributed by atoms with Crippen LogP contribution in [0.25, 0.3) is 10.2 Å². The molecule has 0 saturated heterocycles. The van der Waals surface area contributed by atoms with Gasteiger partial charge in [0, 0.05) is 13.6 Å². The number of nitrogens with zero attached hydrogens (tertiary/aromatic N) is 3. The first kappa shape index (κ1) is 18.3. The van der Waals surface area contributed by atoms with Gasteiger partial charge in [0.25, 0.3) is 11.5 Å². The normalized spacial score (nSPS) is 11.0. The number of aryl methyl sites for hydroxylation is 1. The number of carbonyl (C=O) groups is 1. The highest BCUT2D eigenvalue weighted by Gasteiger charge is 2.21. The van der Waals surface area contributed by atoms with Crippen molar-refractivity contribution in [3.63, 3.8) is 0 Å². The second-order valence-electron chi connectivity index (χ2n) is 6.48. The van der Waals surface area contributed by atoms with E-state index in [-0.39, 0.29) is 11.5 Å². The van der Waals surface area contributed by atoms with Crippen LogP contribution in [0.5, 0.6) is 0 Å². The van der Waals surface area contributed by atoms with Crippen LogP contribution >= 0.6 is 11.3 Å². The van der Waals surface area contributed by atoms with Gasteiger partial charge in [0.2, 0.25) is 0 Å². The minimum absolute atomic E-state index is 0.0343. The van der Waals surface area contributed by atoms with Gasteiger partial charge in [-0.15, -0.1) is 11.3 Å². The largest absolute Gasteiger partial charge is 0.341 e. The maximum atomic E-state index is 12.9. The molecule has 0 fully saturated rings. The van der Waals surface area contributed by atoms with Crippen molar-refractivity contribution in [2.75, 3.05) is 13.6 Å². The van der Waals surface area contributed by atoms with Gasteiger partial charge >= 0.3 is 0 Å². The number of hydrogen-bond acceptors (Lipinski definition) is 4. The van der Waals surface area contributed by atoms with Crippen LogP contribution in [0.1, 0.15) is 40.6 Å². The Morgan fingerprint density at radius 2 is 2.00 bits per heavy atom. The number of aromatic nitrogens is 2. The molecule has 0 N–H and O–H groups in total. The lowest BCUT2D eigenvalue weighted by Gasteiger charge is -2.16. The van der Waals surface area contributed by atoms with E-state index in [1.54, 1.807) is 15.8 Å². The standard InChI is InChI=1S/C20H23N3O2S/c1-4-5-11-22(3)20(25)17-14(2)16-18(26-17)21-13-23(19(16)24)12-15-9-7-6-8-10-15/h6-10,13H,4-5,11-12H2,1-3H3. The molecule has 0 aliphatic rings. The van der Waals surface area contributed by atoms with Crippen molar-refractivity contribution in [3.8, 4) is 0 Å². The molecule has 136 valence electrons. The fraction of sp³-hybridized carbons (Fsp3) is 0.350. The minimum atomic E-state index is -0.0946. The Morgan fingerprint density at radius 3 is 2.69 bits per heavy atom. The third-order valence-corrected chi connectivity index (χ3v) is 5.69. The molecule has 1 aromatic carbocycles. The molecular formula is C20H23N3O2S. The predicted octanol–water partition coefficient (Wildman–Crippen LogP) is 3.69. The van der Waals surface area contributed by atoms with Gasteiger partial charge in [-0.2, -0.15) is 0 Å². The Hall–Kier alpha value is -2.47. The van der Waals surface area contributed by atoms with Gasteiger partial charge in [-0.3, -0.25) is 14.2 Å². The Kier molecular flexibility index (Phi) is 5.52. The number of unbranched alkanes of at least 4 members (excludes halogenated alkanes) is 1. The molecule has 2 aromatic heterocycles. The van der Waals surface area contributed by atoms with E-state index in [0.29, 0.717) is 28.2 Å². The van der Waals surface area contributed by atoms with Crippen molar-refractivity contribution in [2.24, 2.45) is 0 Å². The van der Waals surface area contributed by atoms with Gasteiger partial charge in [0.15, 0.2) is 0 Å². The summed E-state index contributed by atoms with van der Waals surface area (Å²) in [7, 11) is 1.81. The maximum absolute atomic E-state index is 12.9. The van der Waals surface area contributed by atoms with Gasteiger partial charge in [-0.05, 0) is 24.5 Å². The number of thiophene rings is 1. The fourth-order valence-electron chi connectivity index (χ4n) is 2.93. The van der Waals surface area contributed by atoms with E-state index in [4.69, 9.17) is 0 Å². The molecule has 0 bridgehead atoms. The zero-order chi connectivity index (χ0) is 18.7. The minimum Gasteiger partial charge on any atom is -0.341 e. The average Bonchev–Trinajstić information content (AvgIpc) is 2.99. The number of hydrogen-bond donors (Lipinski definition) is 0. The van der Waals surface area contributed by atoms with Crippen molar-refractivity contribution in [1.82, 2.24) is 14.5 Å². The molecule has 0 radical (unpaired) electrons. The van der Waals surface area contributed by atoms with Crippen molar-refractivity contribution in [3.05, 3.63) is 63.0 Å². The zero-order valence-corrected chi connectivity index (χ0v) is 16.2. The fourth-order valence-corrected chi connectivity index (χ4v) is 4.06. The van der Waals surface area contributed by atoms with E-state index in [2.05, 4.69) is 11.9 Å². The average molecular weight is 369 g/mol. The molecule has 3 rings (SSSR count). The summed E-state index contributed by atoms with van der Waals surface area (Å²) in [4.78, 5) is 33.1. The summed E-state index contributed by atoms with van der Waals surface area (Å²) in [5.74, 6) is -0.0343. The molecule has 1 amide bonds. The lowest BCUT2D eigenvalue weighted by Crippen LogP contribution is -2.27. The first-order chi connectivity index (χ1) is 12.5. The first-order valence-corrected chi connectivity index (χ1v) is 9.62. The summed E-state index contributed by atoms with van der Waals surface area (Å²) >= 11 is 1.31. The van der Waals surface area contributed by atoms with Gasteiger partial charge in [-0.25, -0.2) is 4.98 Å². The summed E-state index contributed by atoms with van der Waals surface area (Å²) < 4.78 is 1.60. The van der Waals surface area contributed by atoms with E-state index < -0.39 is 0 Å². The highest BCUT2D eigenvalue weighted by atomic mass is 32.1. The van der Waals surface area contributed by atoms with Crippen molar-refractivity contribution in [1.29, 1.82) is 0 Å². The smallest absolute Gasteiger partial charge is 0.264 e. The monoisotopic (exact) mass is 369 g/mol. The molecule has 2 heterocycles. The van der Waals surface area contributed by atoms with Crippen LogP contribution in [0.15, 0.2) is 41.5 Å². The number of fused-ring (bicyclic) bond motifs is 1.